The highest BCUT2D eigenvalue weighted by Gasteiger charge is 2.22. The van der Waals surface area contributed by atoms with E-state index in [0.29, 0.717) is 18.7 Å². The maximum atomic E-state index is 14.2. The van der Waals surface area contributed by atoms with Crippen LogP contribution in [0, 0.1) is 0 Å². The van der Waals surface area contributed by atoms with Crippen LogP contribution in [0.5, 0.6) is 0 Å². The van der Waals surface area contributed by atoms with Crippen LogP contribution in [0.2, 0.25) is 0 Å². The molecule has 1 amide bonds. The standard InChI is InChI=1S/C32H28N4O/c1-35-30-18-10-9-17-29(30)34-31(35)22-36(20-19-24-21-33-28-16-8-7-14-26(24)28)32(37)27-15-6-5-13-25(27)23-11-3-2-4-12-23/h2-18,21,33H,19-20,22H2,1H3. The Kier molecular flexibility index (Phi) is 6.03. The van der Waals surface area contributed by atoms with Crippen LogP contribution in [-0.4, -0.2) is 31.9 Å². The summed E-state index contributed by atoms with van der Waals surface area (Å²) in [5.41, 5.74) is 6.99. The Labute approximate surface area is 216 Å². The molecule has 0 aliphatic heterocycles. The molecule has 0 atom stereocenters. The highest BCUT2D eigenvalue weighted by Crippen LogP contribution is 2.26. The number of hydrogen-bond donors (Lipinski definition) is 1. The zero-order valence-corrected chi connectivity index (χ0v) is 20.8. The molecule has 5 nitrogen and oxygen atoms in total. The third-order valence-electron chi connectivity index (χ3n) is 7.07. The van der Waals surface area contributed by atoms with Crippen molar-refractivity contribution in [2.24, 2.45) is 7.05 Å². The van der Waals surface area contributed by atoms with Gasteiger partial charge < -0.3 is 14.5 Å². The lowest BCUT2D eigenvalue weighted by atomic mass is 9.98. The van der Waals surface area contributed by atoms with E-state index in [1.165, 1.54) is 10.9 Å². The molecule has 2 aromatic heterocycles. The minimum atomic E-state index is 0.00588. The zero-order valence-electron chi connectivity index (χ0n) is 20.8. The molecule has 0 unspecified atom stereocenters. The first-order valence-corrected chi connectivity index (χ1v) is 12.6. The van der Waals surface area contributed by atoms with Gasteiger partial charge in [0.2, 0.25) is 0 Å². The Morgan fingerprint density at radius 1 is 0.865 bits per heavy atom. The van der Waals surface area contributed by atoms with Crippen LogP contribution in [-0.2, 0) is 20.0 Å². The molecule has 0 saturated carbocycles. The average molecular weight is 485 g/mol. The molecule has 2 heterocycles. The Morgan fingerprint density at radius 3 is 2.46 bits per heavy atom. The molecule has 1 N–H and O–H groups in total. The van der Waals surface area contributed by atoms with E-state index in [1.54, 1.807) is 0 Å². The first-order chi connectivity index (χ1) is 18.2. The minimum absolute atomic E-state index is 0.00588. The summed E-state index contributed by atoms with van der Waals surface area (Å²) < 4.78 is 2.09. The van der Waals surface area contributed by atoms with Crippen molar-refractivity contribution in [3.05, 3.63) is 126 Å². The summed E-state index contributed by atoms with van der Waals surface area (Å²) >= 11 is 0. The summed E-state index contributed by atoms with van der Waals surface area (Å²) in [5, 5.41) is 1.20. The van der Waals surface area contributed by atoms with E-state index in [4.69, 9.17) is 4.98 Å². The second kappa shape index (κ2) is 9.78. The Hall–Kier alpha value is -4.64. The van der Waals surface area contributed by atoms with Crippen molar-refractivity contribution in [3.8, 4) is 11.1 Å². The van der Waals surface area contributed by atoms with E-state index in [9.17, 15) is 4.79 Å². The predicted octanol–water partition coefficient (Wildman–Crippen LogP) is 6.61. The number of carbonyl (C=O) groups excluding carboxylic acids is 1. The maximum Gasteiger partial charge on any atom is 0.254 e. The van der Waals surface area contributed by atoms with E-state index in [-0.39, 0.29) is 5.91 Å². The van der Waals surface area contributed by atoms with Crippen molar-refractivity contribution in [3.63, 3.8) is 0 Å². The quantitative estimate of drug-likeness (QED) is 0.277. The number of aryl methyl sites for hydroxylation is 1. The van der Waals surface area contributed by atoms with Crippen LogP contribution in [0.25, 0.3) is 33.1 Å². The number of hydrogen-bond acceptors (Lipinski definition) is 2. The van der Waals surface area contributed by atoms with Crippen molar-refractivity contribution in [1.82, 2.24) is 19.4 Å². The molecule has 0 saturated heterocycles. The lowest BCUT2D eigenvalue weighted by Gasteiger charge is -2.24. The molecule has 0 spiro atoms. The second-order valence-corrected chi connectivity index (χ2v) is 9.32. The van der Waals surface area contributed by atoms with Crippen molar-refractivity contribution < 1.29 is 4.79 Å². The fraction of sp³-hybridized carbons (Fsp3) is 0.125. The molecule has 0 radical (unpaired) electrons. The molecule has 0 aliphatic carbocycles. The highest BCUT2D eigenvalue weighted by atomic mass is 16.2. The third-order valence-corrected chi connectivity index (χ3v) is 7.07. The lowest BCUT2D eigenvalue weighted by molar-refractivity contribution is 0.0740. The normalized spacial score (nSPS) is 11.3. The summed E-state index contributed by atoms with van der Waals surface area (Å²) in [4.78, 5) is 24.3. The number of nitrogens with one attached hydrogen (secondary N) is 1. The number of benzene rings is 4. The molecule has 6 aromatic rings. The van der Waals surface area contributed by atoms with Crippen LogP contribution in [0.3, 0.4) is 0 Å². The fourth-order valence-corrected chi connectivity index (χ4v) is 5.06. The first-order valence-electron chi connectivity index (χ1n) is 12.6. The van der Waals surface area contributed by atoms with Gasteiger partial charge in [-0.15, -0.1) is 0 Å². The van der Waals surface area contributed by atoms with Gasteiger partial charge in [0, 0.05) is 36.3 Å². The number of rotatable bonds is 7. The Bertz CT molecular complexity index is 1700. The van der Waals surface area contributed by atoms with Gasteiger partial charge in [-0.2, -0.15) is 0 Å². The van der Waals surface area contributed by atoms with Gasteiger partial charge in [-0.05, 0) is 47.4 Å². The largest absolute Gasteiger partial charge is 0.361 e. The van der Waals surface area contributed by atoms with Crippen molar-refractivity contribution in [2.75, 3.05) is 6.54 Å². The summed E-state index contributed by atoms with van der Waals surface area (Å²) in [6.45, 7) is 1.00. The Balaban J connectivity index is 1.37. The molecule has 5 heteroatoms. The van der Waals surface area contributed by atoms with E-state index < -0.39 is 0 Å². The van der Waals surface area contributed by atoms with E-state index in [0.717, 1.165) is 39.9 Å². The number of aromatic nitrogens is 3. The van der Waals surface area contributed by atoms with Crippen LogP contribution >= 0.6 is 0 Å². The van der Waals surface area contributed by atoms with E-state index in [2.05, 4.69) is 40.0 Å². The molecule has 4 aromatic carbocycles. The van der Waals surface area contributed by atoms with Crippen molar-refractivity contribution in [1.29, 1.82) is 0 Å². The molecule has 182 valence electrons. The van der Waals surface area contributed by atoms with Gasteiger partial charge in [0.05, 0.1) is 17.6 Å². The topological polar surface area (TPSA) is 53.9 Å². The van der Waals surface area contributed by atoms with Crippen LogP contribution in [0.4, 0.5) is 0 Å². The van der Waals surface area contributed by atoms with Crippen LogP contribution in [0.15, 0.2) is 109 Å². The second-order valence-electron chi connectivity index (χ2n) is 9.32. The lowest BCUT2D eigenvalue weighted by Crippen LogP contribution is -2.33. The Morgan fingerprint density at radius 2 is 1.59 bits per heavy atom. The first kappa shape index (κ1) is 22.8. The molecule has 6 rings (SSSR count). The minimum Gasteiger partial charge on any atom is -0.361 e. The number of nitrogens with zero attached hydrogens (tertiary/aromatic N) is 3. The molecule has 0 bridgehead atoms. The maximum absolute atomic E-state index is 14.2. The number of imidazole rings is 1. The molecular weight excluding hydrogens is 456 g/mol. The van der Waals surface area contributed by atoms with Gasteiger partial charge in [0.15, 0.2) is 0 Å². The van der Waals surface area contributed by atoms with Crippen molar-refractivity contribution >= 4 is 27.8 Å². The summed E-state index contributed by atoms with van der Waals surface area (Å²) in [6.07, 6.45) is 2.80. The smallest absolute Gasteiger partial charge is 0.254 e. The predicted molar refractivity (Wildman–Crippen MR) is 149 cm³/mol. The molecule has 0 fully saturated rings. The monoisotopic (exact) mass is 484 g/mol. The molecule has 0 aliphatic rings. The number of amides is 1. The van der Waals surface area contributed by atoms with Gasteiger partial charge in [-0.25, -0.2) is 4.98 Å². The van der Waals surface area contributed by atoms with Gasteiger partial charge in [-0.3, -0.25) is 4.79 Å². The van der Waals surface area contributed by atoms with Crippen molar-refractivity contribution in [2.45, 2.75) is 13.0 Å². The number of aromatic amines is 1. The highest BCUT2D eigenvalue weighted by molar-refractivity contribution is 6.01. The fourth-order valence-electron chi connectivity index (χ4n) is 5.06. The SMILES string of the molecule is Cn1c(CN(CCc2c[nH]c3ccccc23)C(=O)c2ccccc2-c2ccccc2)nc2ccccc21. The number of fused-ring (bicyclic) bond motifs is 2. The van der Waals surface area contributed by atoms with E-state index in [1.807, 2.05) is 90.8 Å². The van der Waals surface area contributed by atoms with Gasteiger partial charge in [0.1, 0.15) is 5.82 Å². The van der Waals surface area contributed by atoms with Crippen LogP contribution in [0.1, 0.15) is 21.7 Å². The summed E-state index contributed by atoms with van der Waals surface area (Å²) in [6, 6.07) is 34.4. The average Bonchev–Trinajstić information content (AvgIpc) is 3.51. The third kappa shape index (κ3) is 4.40. The number of H-pyrrole nitrogens is 1. The summed E-state index contributed by atoms with van der Waals surface area (Å²) in [7, 11) is 2.02. The summed E-state index contributed by atoms with van der Waals surface area (Å²) in [5.74, 6) is 0.872. The van der Waals surface area contributed by atoms with Gasteiger partial charge in [-0.1, -0.05) is 78.9 Å². The van der Waals surface area contributed by atoms with Gasteiger partial charge in [0.25, 0.3) is 5.91 Å². The zero-order chi connectivity index (χ0) is 25.2. The molecular formula is C32H28N4O. The number of carbonyl (C=O) groups is 1. The van der Waals surface area contributed by atoms with Gasteiger partial charge >= 0.3 is 0 Å². The van der Waals surface area contributed by atoms with E-state index >= 15 is 0 Å². The van der Waals surface area contributed by atoms with Crippen LogP contribution < -0.4 is 0 Å². The number of para-hydroxylation sites is 3. The molecule has 37 heavy (non-hydrogen) atoms.